The van der Waals surface area contributed by atoms with E-state index in [1.165, 1.54) is 0 Å². The number of para-hydroxylation sites is 2. The van der Waals surface area contributed by atoms with Crippen LogP contribution in [0.4, 0.5) is 0 Å². The van der Waals surface area contributed by atoms with E-state index in [0.717, 1.165) is 28.8 Å². The van der Waals surface area contributed by atoms with Crippen molar-refractivity contribution in [3.8, 4) is 11.5 Å². The molecule has 0 bridgehead atoms. The first-order valence-electron chi connectivity index (χ1n) is 11.8. The first-order chi connectivity index (χ1) is 17.1. The molecule has 1 aliphatic heterocycles. The quantitative estimate of drug-likeness (QED) is 0.333. The number of aryl methyl sites for hydroxylation is 1. The molecular weight excluding hydrogens is 446 g/mol. The molecule has 35 heavy (non-hydrogen) atoms. The number of ether oxygens (including phenoxy) is 3. The summed E-state index contributed by atoms with van der Waals surface area (Å²) >= 11 is 0. The average molecular weight is 472 g/mol. The van der Waals surface area contributed by atoms with Crippen LogP contribution in [0.2, 0.25) is 0 Å². The van der Waals surface area contributed by atoms with Gasteiger partial charge >= 0.3 is 0 Å². The van der Waals surface area contributed by atoms with Crippen LogP contribution in [0.5, 0.6) is 11.5 Å². The van der Waals surface area contributed by atoms with Gasteiger partial charge in [-0.1, -0.05) is 18.2 Å². The fourth-order valence-corrected chi connectivity index (χ4v) is 4.60. The minimum absolute atomic E-state index is 0.108. The zero-order valence-corrected chi connectivity index (χ0v) is 19.7. The van der Waals surface area contributed by atoms with Gasteiger partial charge in [0.1, 0.15) is 16.7 Å². The third kappa shape index (κ3) is 3.68. The number of fused-ring (bicyclic) bond motifs is 5. The summed E-state index contributed by atoms with van der Waals surface area (Å²) < 4.78 is 20.2. The maximum atomic E-state index is 13.7. The van der Waals surface area contributed by atoms with Crippen LogP contribution in [0.25, 0.3) is 33.2 Å². The smallest absolute Gasteiger partial charge is 0.265 e. The Morgan fingerprint density at radius 2 is 1.77 bits per heavy atom. The van der Waals surface area contributed by atoms with Crippen LogP contribution in [0, 0.1) is 6.92 Å². The summed E-state index contributed by atoms with van der Waals surface area (Å²) in [6.07, 6.45) is 0.728. The Morgan fingerprint density at radius 3 is 2.60 bits per heavy atom. The van der Waals surface area contributed by atoms with Gasteiger partial charge in [0, 0.05) is 19.8 Å². The van der Waals surface area contributed by atoms with Gasteiger partial charge in [-0.3, -0.25) is 9.36 Å². The van der Waals surface area contributed by atoms with Crippen molar-refractivity contribution in [1.29, 1.82) is 0 Å². The van der Waals surface area contributed by atoms with Crippen LogP contribution in [0.3, 0.4) is 0 Å². The average Bonchev–Trinajstić information content (AvgIpc) is 3.44. The first kappa shape index (κ1) is 21.5. The van der Waals surface area contributed by atoms with Crippen molar-refractivity contribution in [3.63, 3.8) is 0 Å². The van der Waals surface area contributed by atoms with Gasteiger partial charge in [-0.05, 0) is 50.1 Å². The van der Waals surface area contributed by atoms with Crippen molar-refractivity contribution in [1.82, 2.24) is 24.1 Å². The zero-order valence-electron chi connectivity index (χ0n) is 19.7. The largest absolute Gasteiger partial charge is 0.454 e. The molecule has 0 saturated heterocycles. The maximum absolute atomic E-state index is 13.7. The minimum Gasteiger partial charge on any atom is -0.454 e. The molecule has 4 heterocycles. The second-order valence-electron chi connectivity index (χ2n) is 8.52. The molecule has 0 unspecified atom stereocenters. The molecule has 9 nitrogen and oxygen atoms in total. The van der Waals surface area contributed by atoms with Gasteiger partial charge in [0.15, 0.2) is 22.8 Å². The third-order valence-corrected chi connectivity index (χ3v) is 6.29. The lowest BCUT2D eigenvalue weighted by molar-refractivity contribution is 0.141. The number of hydrogen-bond acceptors (Lipinski definition) is 7. The highest BCUT2D eigenvalue weighted by Gasteiger charge is 2.22. The van der Waals surface area contributed by atoms with Crippen LogP contribution < -0.4 is 15.0 Å². The highest BCUT2D eigenvalue weighted by Crippen LogP contribution is 2.33. The lowest BCUT2D eigenvalue weighted by Gasteiger charge is -2.11. The van der Waals surface area contributed by atoms with E-state index in [1.54, 1.807) is 4.57 Å². The number of hydrogen-bond donors (Lipinski definition) is 0. The van der Waals surface area contributed by atoms with Crippen molar-refractivity contribution >= 4 is 33.2 Å². The Labute approximate surface area is 200 Å². The van der Waals surface area contributed by atoms with E-state index >= 15 is 0 Å². The van der Waals surface area contributed by atoms with Gasteiger partial charge in [0.05, 0.1) is 17.6 Å². The van der Waals surface area contributed by atoms with Gasteiger partial charge in [-0.25, -0.2) is 15.0 Å². The van der Waals surface area contributed by atoms with E-state index < -0.39 is 0 Å². The molecule has 0 N–H and O–H groups in total. The number of rotatable bonds is 7. The molecule has 0 saturated carbocycles. The van der Waals surface area contributed by atoms with Gasteiger partial charge in [0.25, 0.3) is 5.56 Å². The molecule has 3 aromatic heterocycles. The van der Waals surface area contributed by atoms with E-state index in [1.807, 2.05) is 60.9 Å². The number of benzene rings is 2. The van der Waals surface area contributed by atoms with Gasteiger partial charge in [-0.2, -0.15) is 0 Å². The van der Waals surface area contributed by atoms with Gasteiger partial charge < -0.3 is 18.8 Å². The van der Waals surface area contributed by atoms with E-state index in [-0.39, 0.29) is 12.4 Å². The molecule has 0 fully saturated rings. The van der Waals surface area contributed by atoms with Crippen LogP contribution >= 0.6 is 0 Å². The fraction of sp³-hybridized carbons (Fsp3) is 0.308. The molecule has 0 atom stereocenters. The van der Waals surface area contributed by atoms with Gasteiger partial charge in [0.2, 0.25) is 6.79 Å². The Kier molecular flexibility index (Phi) is 5.33. The van der Waals surface area contributed by atoms with E-state index in [9.17, 15) is 4.79 Å². The first-order valence-corrected chi connectivity index (χ1v) is 11.8. The predicted octanol–water partition coefficient (Wildman–Crippen LogP) is 3.81. The number of nitrogens with zero attached hydrogens (tertiary/aromatic N) is 5. The highest BCUT2D eigenvalue weighted by atomic mass is 16.7. The summed E-state index contributed by atoms with van der Waals surface area (Å²) in [7, 11) is 0. The fourth-order valence-electron chi connectivity index (χ4n) is 4.60. The molecular formula is C26H25N5O4. The summed E-state index contributed by atoms with van der Waals surface area (Å²) in [5.74, 6) is 2.09. The Morgan fingerprint density at radius 1 is 0.971 bits per heavy atom. The second kappa shape index (κ2) is 8.66. The predicted molar refractivity (Wildman–Crippen MR) is 132 cm³/mol. The lowest BCUT2D eigenvalue weighted by atomic mass is 10.2. The molecule has 178 valence electrons. The minimum atomic E-state index is -0.108. The van der Waals surface area contributed by atoms with Crippen LogP contribution in [-0.2, 0) is 17.8 Å². The van der Waals surface area contributed by atoms with Gasteiger partial charge in [-0.15, -0.1) is 0 Å². The second-order valence-corrected chi connectivity index (χ2v) is 8.52. The molecule has 1 aliphatic rings. The topological polar surface area (TPSA) is 93.3 Å². The number of aromatic nitrogens is 5. The molecule has 9 heteroatoms. The Hall–Kier alpha value is -3.98. The summed E-state index contributed by atoms with van der Waals surface area (Å²) in [6, 6.07) is 13.5. The van der Waals surface area contributed by atoms with E-state index in [2.05, 4.69) is 0 Å². The molecule has 0 aliphatic carbocycles. The summed E-state index contributed by atoms with van der Waals surface area (Å²) in [4.78, 5) is 28.4. The lowest BCUT2D eigenvalue weighted by Crippen LogP contribution is -2.25. The maximum Gasteiger partial charge on any atom is 0.265 e. The standard InChI is InChI=1S/C26H25N5O4/c1-3-33-12-6-11-30-16(2)27-24-22(26(30)32)23-25(29-19-8-5-4-7-18(19)28-23)31(24)14-17-9-10-20-21(13-17)35-15-34-20/h4-5,7-10,13H,3,6,11-12,14-15H2,1-2H3. The van der Waals surface area contributed by atoms with E-state index in [0.29, 0.717) is 60.1 Å². The highest BCUT2D eigenvalue weighted by molar-refractivity contribution is 6.04. The molecule has 0 amide bonds. The van der Waals surface area contributed by atoms with E-state index in [4.69, 9.17) is 29.2 Å². The van der Waals surface area contributed by atoms with Crippen molar-refractivity contribution in [2.24, 2.45) is 0 Å². The zero-order chi connectivity index (χ0) is 23.9. The Bertz CT molecular complexity index is 1640. The van der Waals surface area contributed by atoms with Crippen LogP contribution in [0.1, 0.15) is 24.7 Å². The van der Waals surface area contributed by atoms with Crippen molar-refractivity contribution in [2.75, 3.05) is 20.0 Å². The molecule has 5 aromatic rings. The molecule has 0 radical (unpaired) electrons. The third-order valence-electron chi connectivity index (χ3n) is 6.29. The summed E-state index contributed by atoms with van der Waals surface area (Å²) in [5, 5.41) is 0.487. The monoisotopic (exact) mass is 471 g/mol. The Balaban J connectivity index is 1.56. The van der Waals surface area contributed by atoms with Crippen molar-refractivity contribution in [2.45, 2.75) is 33.4 Å². The molecule has 2 aromatic carbocycles. The SMILES string of the molecule is CCOCCCn1c(C)nc2c(c1=O)c1nc3ccccc3nc1n2Cc1ccc2c(c1)OCO2. The molecule has 6 rings (SSSR count). The normalized spacial score (nSPS) is 12.9. The molecule has 0 spiro atoms. The van der Waals surface area contributed by atoms with Crippen LogP contribution in [0.15, 0.2) is 47.3 Å². The summed E-state index contributed by atoms with van der Waals surface area (Å²) in [6.45, 7) is 6.28. The van der Waals surface area contributed by atoms with Crippen molar-refractivity contribution in [3.05, 3.63) is 64.2 Å². The summed E-state index contributed by atoms with van der Waals surface area (Å²) in [5.41, 5.74) is 4.17. The van der Waals surface area contributed by atoms with Crippen molar-refractivity contribution < 1.29 is 14.2 Å². The van der Waals surface area contributed by atoms with Crippen LogP contribution in [-0.4, -0.2) is 44.1 Å².